The molecule has 14 heavy (non-hydrogen) atoms. The largest absolute Gasteiger partial charge is 0.383 e. The van der Waals surface area contributed by atoms with E-state index in [1.807, 2.05) is 13.0 Å². The molecule has 1 heterocycles. The topological polar surface area (TPSA) is 48.1 Å². The number of nitrogens with zero attached hydrogens (tertiary/aromatic N) is 1. The summed E-state index contributed by atoms with van der Waals surface area (Å²) in [6, 6.07) is 1.86. The zero-order chi connectivity index (χ0) is 10.4. The highest BCUT2D eigenvalue weighted by Crippen LogP contribution is 2.16. The summed E-state index contributed by atoms with van der Waals surface area (Å²) in [5, 5.41) is 0.630. The third-order valence-electron chi connectivity index (χ3n) is 1.91. The number of hydrogen-bond acceptors (Lipinski definition) is 3. The molecule has 0 aliphatic carbocycles. The lowest BCUT2D eigenvalue weighted by Crippen LogP contribution is -2.00. The van der Waals surface area contributed by atoms with Crippen LogP contribution < -0.4 is 5.73 Å². The van der Waals surface area contributed by atoms with Gasteiger partial charge < -0.3 is 10.5 Å². The zero-order valence-corrected chi connectivity index (χ0v) is 9.05. The molecule has 1 aromatic heterocycles. The molecule has 0 amide bonds. The Labute approximate surface area is 89.2 Å². The fourth-order valence-corrected chi connectivity index (χ4v) is 1.38. The number of nitrogens with two attached hydrogens (primary N) is 1. The summed E-state index contributed by atoms with van der Waals surface area (Å²) >= 11 is 5.81. The number of ether oxygens (including phenoxy) is 1. The highest BCUT2D eigenvalue weighted by Gasteiger charge is 2.01. The van der Waals surface area contributed by atoms with E-state index in [0.29, 0.717) is 10.8 Å². The summed E-state index contributed by atoms with van der Waals surface area (Å²) in [4.78, 5) is 3.98. The van der Waals surface area contributed by atoms with Crippen LogP contribution in [-0.2, 0) is 11.2 Å². The molecule has 0 saturated carbocycles. The second-order valence-corrected chi connectivity index (χ2v) is 3.43. The van der Waals surface area contributed by atoms with Gasteiger partial charge in [-0.2, -0.15) is 0 Å². The molecule has 0 fully saturated rings. The maximum atomic E-state index is 5.81. The van der Waals surface area contributed by atoms with Gasteiger partial charge in [-0.25, -0.2) is 4.98 Å². The van der Waals surface area contributed by atoms with Crippen molar-refractivity contribution < 1.29 is 4.74 Å². The van der Waals surface area contributed by atoms with E-state index in [0.717, 1.165) is 31.6 Å². The van der Waals surface area contributed by atoms with Crippen LogP contribution in [0.15, 0.2) is 12.3 Å². The lowest BCUT2D eigenvalue weighted by Gasteiger charge is -2.05. The minimum Gasteiger partial charge on any atom is -0.383 e. The molecule has 1 aromatic rings. The molecule has 0 aromatic carbocycles. The predicted molar refractivity (Wildman–Crippen MR) is 58.5 cm³/mol. The van der Waals surface area contributed by atoms with Crippen molar-refractivity contribution in [3.63, 3.8) is 0 Å². The van der Waals surface area contributed by atoms with E-state index in [2.05, 4.69) is 4.98 Å². The van der Waals surface area contributed by atoms with Crippen LogP contribution in [0.4, 0.5) is 5.82 Å². The summed E-state index contributed by atoms with van der Waals surface area (Å²) in [5.41, 5.74) is 6.69. The molecule has 3 nitrogen and oxygen atoms in total. The van der Waals surface area contributed by atoms with Gasteiger partial charge in [0.05, 0.1) is 5.02 Å². The molecule has 0 radical (unpaired) electrons. The van der Waals surface area contributed by atoms with Crippen LogP contribution in [0.25, 0.3) is 0 Å². The first-order chi connectivity index (χ1) is 6.74. The van der Waals surface area contributed by atoms with Gasteiger partial charge in [0.25, 0.3) is 0 Å². The van der Waals surface area contributed by atoms with Crippen molar-refractivity contribution in [3.05, 3.63) is 22.8 Å². The minimum atomic E-state index is 0.561. The molecular formula is C10H15ClN2O. The van der Waals surface area contributed by atoms with Crippen LogP contribution in [0, 0.1) is 0 Å². The predicted octanol–water partition coefficient (Wildman–Crippen LogP) is 2.29. The molecule has 4 heteroatoms. The first kappa shape index (κ1) is 11.3. The Morgan fingerprint density at radius 3 is 3.07 bits per heavy atom. The van der Waals surface area contributed by atoms with Gasteiger partial charge in [-0.1, -0.05) is 11.6 Å². The van der Waals surface area contributed by atoms with Gasteiger partial charge in [0.2, 0.25) is 0 Å². The number of aromatic nitrogens is 1. The second kappa shape index (κ2) is 5.83. The molecule has 0 saturated heterocycles. The quantitative estimate of drug-likeness (QED) is 0.766. The molecule has 0 aliphatic rings. The SMILES string of the molecule is CCOCCCc1cc(Cl)cnc1N. The Bertz CT molecular complexity index is 291. The molecule has 78 valence electrons. The summed E-state index contributed by atoms with van der Waals surface area (Å²) in [7, 11) is 0. The van der Waals surface area contributed by atoms with Gasteiger partial charge in [-0.3, -0.25) is 0 Å². The van der Waals surface area contributed by atoms with Crippen molar-refractivity contribution in [2.45, 2.75) is 19.8 Å². The Balaban J connectivity index is 2.45. The van der Waals surface area contributed by atoms with E-state index in [1.54, 1.807) is 6.20 Å². The van der Waals surface area contributed by atoms with Crippen molar-refractivity contribution in [3.8, 4) is 0 Å². The van der Waals surface area contributed by atoms with Crippen LogP contribution in [0.3, 0.4) is 0 Å². The van der Waals surface area contributed by atoms with Crippen LogP contribution >= 0.6 is 11.6 Å². The maximum absolute atomic E-state index is 5.81. The van der Waals surface area contributed by atoms with Crippen LogP contribution in [0.5, 0.6) is 0 Å². The van der Waals surface area contributed by atoms with Crippen LogP contribution in [-0.4, -0.2) is 18.2 Å². The first-order valence-electron chi connectivity index (χ1n) is 4.71. The van der Waals surface area contributed by atoms with E-state index >= 15 is 0 Å². The fraction of sp³-hybridized carbons (Fsp3) is 0.500. The monoisotopic (exact) mass is 214 g/mol. The molecule has 1 rings (SSSR count). The van der Waals surface area contributed by atoms with Crippen molar-refractivity contribution in [2.75, 3.05) is 18.9 Å². The molecule has 0 spiro atoms. The highest BCUT2D eigenvalue weighted by molar-refractivity contribution is 6.30. The van der Waals surface area contributed by atoms with E-state index in [-0.39, 0.29) is 0 Å². The molecular weight excluding hydrogens is 200 g/mol. The summed E-state index contributed by atoms with van der Waals surface area (Å²) in [6.45, 7) is 3.49. The van der Waals surface area contributed by atoms with E-state index in [1.165, 1.54) is 0 Å². The first-order valence-corrected chi connectivity index (χ1v) is 5.09. The van der Waals surface area contributed by atoms with Crippen molar-refractivity contribution in [1.29, 1.82) is 0 Å². The summed E-state index contributed by atoms with van der Waals surface area (Å²) in [6.07, 6.45) is 3.36. The molecule has 0 bridgehead atoms. The Hall–Kier alpha value is -0.800. The molecule has 0 atom stereocenters. The number of halogens is 1. The normalized spacial score (nSPS) is 10.4. The lowest BCUT2D eigenvalue weighted by atomic mass is 10.1. The van der Waals surface area contributed by atoms with E-state index in [9.17, 15) is 0 Å². The van der Waals surface area contributed by atoms with Gasteiger partial charge in [-0.15, -0.1) is 0 Å². The minimum absolute atomic E-state index is 0.561. The smallest absolute Gasteiger partial charge is 0.126 e. The van der Waals surface area contributed by atoms with Gasteiger partial charge in [0, 0.05) is 19.4 Å². The lowest BCUT2D eigenvalue weighted by molar-refractivity contribution is 0.145. The van der Waals surface area contributed by atoms with E-state index < -0.39 is 0 Å². The molecule has 0 unspecified atom stereocenters. The van der Waals surface area contributed by atoms with Crippen molar-refractivity contribution in [2.24, 2.45) is 0 Å². The maximum Gasteiger partial charge on any atom is 0.126 e. The number of anilines is 1. The Morgan fingerprint density at radius 1 is 1.57 bits per heavy atom. The highest BCUT2D eigenvalue weighted by atomic mass is 35.5. The summed E-state index contributed by atoms with van der Waals surface area (Å²) in [5.74, 6) is 0.561. The average Bonchev–Trinajstić information content (AvgIpc) is 2.18. The average molecular weight is 215 g/mol. The molecule has 0 aliphatic heterocycles. The van der Waals surface area contributed by atoms with Gasteiger partial charge in [0.15, 0.2) is 0 Å². The van der Waals surface area contributed by atoms with Crippen molar-refractivity contribution >= 4 is 17.4 Å². The number of nitrogen functional groups attached to an aromatic ring is 1. The van der Waals surface area contributed by atoms with Crippen molar-refractivity contribution in [1.82, 2.24) is 4.98 Å². The van der Waals surface area contributed by atoms with Crippen LogP contribution in [0.1, 0.15) is 18.9 Å². The second-order valence-electron chi connectivity index (χ2n) is 3.00. The van der Waals surface area contributed by atoms with E-state index in [4.69, 9.17) is 22.1 Å². The van der Waals surface area contributed by atoms with Gasteiger partial charge in [0.1, 0.15) is 5.82 Å². The third kappa shape index (κ3) is 3.52. The Morgan fingerprint density at radius 2 is 2.36 bits per heavy atom. The van der Waals surface area contributed by atoms with Gasteiger partial charge >= 0.3 is 0 Å². The number of hydrogen-bond donors (Lipinski definition) is 1. The Kier molecular flexibility index (Phi) is 4.70. The summed E-state index contributed by atoms with van der Waals surface area (Å²) < 4.78 is 5.23. The van der Waals surface area contributed by atoms with Crippen LogP contribution in [0.2, 0.25) is 5.02 Å². The standard InChI is InChI=1S/C10H15ClN2O/c1-2-14-5-3-4-8-6-9(11)7-13-10(8)12/h6-7H,2-5H2,1H3,(H2,12,13). The van der Waals surface area contributed by atoms with Gasteiger partial charge in [-0.05, 0) is 31.4 Å². The number of pyridine rings is 1. The zero-order valence-electron chi connectivity index (χ0n) is 8.29. The number of rotatable bonds is 5. The third-order valence-corrected chi connectivity index (χ3v) is 2.11. The number of aryl methyl sites for hydroxylation is 1. The fourth-order valence-electron chi connectivity index (χ4n) is 1.20. The molecule has 2 N–H and O–H groups in total.